The number of nitrogens with zero attached hydrogens (tertiary/aromatic N) is 2. The van der Waals surface area contributed by atoms with Crippen LogP contribution in [0.2, 0.25) is 10.0 Å². The number of carbonyl (C=O) groups excluding carboxylic acids is 1. The fourth-order valence-electron chi connectivity index (χ4n) is 2.80. The summed E-state index contributed by atoms with van der Waals surface area (Å²) in [6.07, 6.45) is 0.764. The van der Waals surface area contributed by atoms with E-state index >= 15 is 0 Å². The summed E-state index contributed by atoms with van der Waals surface area (Å²) in [5.74, 6) is 0.311. The molecule has 0 radical (unpaired) electrons. The van der Waals surface area contributed by atoms with Gasteiger partial charge < -0.3 is 10.1 Å². The number of anilines is 1. The zero-order chi connectivity index (χ0) is 21.0. The number of rotatable bonds is 7. The molecule has 3 aromatic rings. The minimum Gasteiger partial charge on any atom is -0.495 e. The quantitative estimate of drug-likeness (QED) is 0.410. The Morgan fingerprint density at radius 2 is 1.93 bits per heavy atom. The maximum absolute atomic E-state index is 12.8. The smallest absolute Gasteiger partial charge is 0.262 e. The van der Waals surface area contributed by atoms with Gasteiger partial charge >= 0.3 is 0 Å². The summed E-state index contributed by atoms with van der Waals surface area (Å²) >= 11 is 13.2. The molecule has 0 saturated carbocycles. The van der Waals surface area contributed by atoms with Crippen LogP contribution in [0, 0.1) is 0 Å². The van der Waals surface area contributed by atoms with Crippen molar-refractivity contribution in [2.24, 2.45) is 0 Å². The lowest BCUT2D eigenvalue weighted by atomic mass is 10.2. The second kappa shape index (κ2) is 9.52. The van der Waals surface area contributed by atoms with Crippen molar-refractivity contribution in [3.8, 4) is 5.75 Å². The van der Waals surface area contributed by atoms with E-state index in [0.717, 1.165) is 6.42 Å². The van der Waals surface area contributed by atoms with Crippen LogP contribution in [-0.2, 0) is 11.3 Å². The van der Waals surface area contributed by atoms with E-state index < -0.39 is 0 Å². The normalized spacial score (nSPS) is 10.9. The molecule has 0 aliphatic carbocycles. The van der Waals surface area contributed by atoms with E-state index in [1.807, 2.05) is 6.92 Å². The number of fused-ring (bicyclic) bond motifs is 1. The highest BCUT2D eigenvalue weighted by Crippen LogP contribution is 2.28. The Labute approximate surface area is 182 Å². The monoisotopic (exact) mass is 451 g/mol. The Kier molecular flexibility index (Phi) is 7.05. The van der Waals surface area contributed by atoms with Crippen molar-refractivity contribution in [2.75, 3.05) is 18.2 Å². The van der Waals surface area contributed by atoms with Gasteiger partial charge in [-0.2, -0.15) is 0 Å². The molecule has 0 unspecified atom stereocenters. The number of benzene rings is 2. The van der Waals surface area contributed by atoms with Crippen LogP contribution in [0.5, 0.6) is 5.75 Å². The number of halogens is 2. The van der Waals surface area contributed by atoms with Crippen molar-refractivity contribution in [1.82, 2.24) is 9.55 Å². The minimum absolute atomic E-state index is 0.0674. The summed E-state index contributed by atoms with van der Waals surface area (Å²) in [5.41, 5.74) is 0.844. The molecule has 0 aliphatic heterocycles. The highest BCUT2D eigenvalue weighted by molar-refractivity contribution is 7.99. The highest BCUT2D eigenvalue weighted by Gasteiger charge is 2.14. The molecular weight excluding hydrogens is 433 g/mol. The third kappa shape index (κ3) is 5.04. The number of ether oxygens (including phenoxy) is 1. The van der Waals surface area contributed by atoms with Gasteiger partial charge in [-0.1, -0.05) is 41.9 Å². The predicted octanol–water partition coefficient (Wildman–Crippen LogP) is 4.85. The van der Waals surface area contributed by atoms with Gasteiger partial charge in [0.15, 0.2) is 5.16 Å². The van der Waals surface area contributed by atoms with Crippen LogP contribution >= 0.6 is 35.0 Å². The van der Waals surface area contributed by atoms with Crippen molar-refractivity contribution >= 4 is 57.5 Å². The van der Waals surface area contributed by atoms with E-state index in [-0.39, 0.29) is 17.2 Å². The van der Waals surface area contributed by atoms with E-state index in [4.69, 9.17) is 27.9 Å². The van der Waals surface area contributed by atoms with Gasteiger partial charge in [-0.3, -0.25) is 14.2 Å². The van der Waals surface area contributed by atoms with E-state index in [1.54, 1.807) is 41.0 Å². The molecule has 152 valence electrons. The first-order valence-electron chi connectivity index (χ1n) is 8.89. The van der Waals surface area contributed by atoms with Gasteiger partial charge in [0.05, 0.1) is 29.5 Å². The van der Waals surface area contributed by atoms with Crippen LogP contribution in [0.4, 0.5) is 5.69 Å². The first-order valence-corrected chi connectivity index (χ1v) is 10.6. The van der Waals surface area contributed by atoms with E-state index in [9.17, 15) is 9.59 Å². The first kappa shape index (κ1) is 21.5. The number of methoxy groups -OCH3 is 1. The maximum Gasteiger partial charge on any atom is 0.262 e. The van der Waals surface area contributed by atoms with Crippen molar-refractivity contribution in [3.05, 3.63) is 56.8 Å². The van der Waals surface area contributed by atoms with Crippen LogP contribution < -0.4 is 15.6 Å². The summed E-state index contributed by atoms with van der Waals surface area (Å²) < 4.78 is 6.83. The minimum atomic E-state index is -0.265. The number of amides is 1. The number of aromatic nitrogens is 2. The molecule has 1 heterocycles. The Morgan fingerprint density at radius 3 is 2.66 bits per heavy atom. The number of hydrogen-bond acceptors (Lipinski definition) is 5. The summed E-state index contributed by atoms with van der Waals surface area (Å²) in [6.45, 7) is 2.49. The van der Waals surface area contributed by atoms with Crippen molar-refractivity contribution in [3.63, 3.8) is 0 Å². The lowest BCUT2D eigenvalue weighted by molar-refractivity contribution is -0.113. The molecule has 29 heavy (non-hydrogen) atoms. The third-order valence-electron chi connectivity index (χ3n) is 4.10. The molecule has 0 spiro atoms. The third-order valence-corrected chi connectivity index (χ3v) is 5.54. The Hall–Kier alpha value is -2.22. The Balaban J connectivity index is 1.84. The molecule has 1 amide bonds. The SMILES string of the molecule is CCCn1c(SCC(=O)Nc2cc(Cl)ccc2OC)nc2cc(Cl)ccc2c1=O. The molecule has 0 aliphatic rings. The maximum atomic E-state index is 12.8. The summed E-state index contributed by atoms with van der Waals surface area (Å²) in [6, 6.07) is 9.96. The van der Waals surface area contributed by atoms with Crippen LogP contribution in [-0.4, -0.2) is 28.3 Å². The molecule has 9 heteroatoms. The molecule has 2 aromatic carbocycles. The van der Waals surface area contributed by atoms with Crippen molar-refractivity contribution in [2.45, 2.75) is 25.0 Å². The topological polar surface area (TPSA) is 73.2 Å². The average Bonchev–Trinajstić information content (AvgIpc) is 2.69. The number of hydrogen-bond donors (Lipinski definition) is 1. The van der Waals surface area contributed by atoms with Crippen LogP contribution in [0.15, 0.2) is 46.3 Å². The van der Waals surface area contributed by atoms with Gasteiger partial charge in [0, 0.05) is 16.6 Å². The highest BCUT2D eigenvalue weighted by atomic mass is 35.5. The molecule has 1 N–H and O–H groups in total. The van der Waals surface area contributed by atoms with Gasteiger partial charge in [-0.05, 0) is 42.8 Å². The van der Waals surface area contributed by atoms with Gasteiger partial charge in [0.2, 0.25) is 5.91 Å². The number of nitrogens with one attached hydrogen (secondary N) is 1. The summed E-state index contributed by atoms with van der Waals surface area (Å²) in [4.78, 5) is 29.9. The number of thioether (sulfide) groups is 1. The zero-order valence-electron chi connectivity index (χ0n) is 15.9. The Bertz CT molecular complexity index is 1120. The summed E-state index contributed by atoms with van der Waals surface area (Å²) in [5, 5.41) is 4.74. The second-order valence-electron chi connectivity index (χ2n) is 6.19. The molecule has 1 aromatic heterocycles. The molecular formula is C20H19Cl2N3O3S. The molecule has 0 saturated heterocycles. The van der Waals surface area contributed by atoms with Crippen LogP contribution in [0.1, 0.15) is 13.3 Å². The lowest BCUT2D eigenvalue weighted by Crippen LogP contribution is -2.24. The van der Waals surface area contributed by atoms with Gasteiger partial charge in [0.25, 0.3) is 5.56 Å². The van der Waals surface area contributed by atoms with E-state index in [2.05, 4.69) is 10.3 Å². The largest absolute Gasteiger partial charge is 0.495 e. The first-order chi connectivity index (χ1) is 13.9. The van der Waals surface area contributed by atoms with Gasteiger partial charge in [0.1, 0.15) is 5.75 Å². The van der Waals surface area contributed by atoms with E-state index in [1.165, 1.54) is 18.9 Å². The predicted molar refractivity (Wildman–Crippen MR) is 119 cm³/mol. The van der Waals surface area contributed by atoms with Crippen LogP contribution in [0.25, 0.3) is 10.9 Å². The second-order valence-corrected chi connectivity index (χ2v) is 8.01. The van der Waals surface area contributed by atoms with Gasteiger partial charge in [-0.25, -0.2) is 4.98 Å². The molecule has 0 bridgehead atoms. The average molecular weight is 452 g/mol. The lowest BCUT2D eigenvalue weighted by Gasteiger charge is -2.13. The summed E-state index contributed by atoms with van der Waals surface area (Å²) in [7, 11) is 1.52. The molecule has 0 fully saturated rings. The van der Waals surface area contributed by atoms with Crippen molar-refractivity contribution < 1.29 is 9.53 Å². The van der Waals surface area contributed by atoms with Crippen LogP contribution in [0.3, 0.4) is 0 Å². The van der Waals surface area contributed by atoms with Gasteiger partial charge in [-0.15, -0.1) is 0 Å². The Morgan fingerprint density at radius 1 is 1.21 bits per heavy atom. The molecule has 0 atom stereocenters. The fourth-order valence-corrected chi connectivity index (χ4v) is 3.96. The molecule has 6 nitrogen and oxygen atoms in total. The standard InChI is InChI=1S/C20H19Cl2N3O3S/c1-3-8-25-19(27)14-6-4-12(21)9-15(14)24-20(25)29-11-18(26)23-16-10-13(22)5-7-17(16)28-2/h4-7,9-10H,3,8,11H2,1-2H3,(H,23,26). The fraction of sp³-hybridized carbons (Fsp3) is 0.250. The zero-order valence-corrected chi connectivity index (χ0v) is 18.2. The molecule has 3 rings (SSSR count). The number of carbonyl (C=O) groups is 1. The van der Waals surface area contributed by atoms with Crippen molar-refractivity contribution in [1.29, 1.82) is 0 Å². The van der Waals surface area contributed by atoms with E-state index in [0.29, 0.717) is 44.1 Å².